The van der Waals surface area contributed by atoms with Gasteiger partial charge >= 0.3 is 16.8 Å². The molecule has 0 aromatic carbocycles. The number of rotatable bonds is 4. The number of methoxy groups -OCH3 is 1. The molecule has 2 N–H and O–H groups in total. The van der Waals surface area contributed by atoms with Crippen molar-refractivity contribution in [3.05, 3.63) is 396 Å². The molecule has 1 amide bonds. The van der Waals surface area contributed by atoms with Crippen molar-refractivity contribution >= 4 is 46.5 Å². The average Bonchev–Trinajstić information content (AvgIpc) is 1.32. The van der Waals surface area contributed by atoms with E-state index in [1.807, 2.05) is 0 Å². The van der Waals surface area contributed by atoms with E-state index in [9.17, 15) is 24.9 Å². The molecule has 3 heterocycles. The highest BCUT2D eigenvalue weighted by Crippen LogP contribution is 2.28. The predicted molar refractivity (Wildman–Crippen MR) is 322 cm³/mol. The Morgan fingerprint density at radius 3 is 1.04 bits per heavy atom. The molecule has 2 aromatic rings. The van der Waals surface area contributed by atoms with Crippen LogP contribution in [0.3, 0.4) is 0 Å². The van der Waals surface area contributed by atoms with Crippen molar-refractivity contribution in [2.45, 2.75) is 7.43 Å². The van der Waals surface area contributed by atoms with E-state index in [-0.39, 0.29) is 30.8 Å². The van der Waals surface area contributed by atoms with Gasteiger partial charge in [-0.2, -0.15) is 0 Å². The van der Waals surface area contributed by atoms with Crippen LogP contribution in [0.1, 0.15) is 7.43 Å². The Kier molecular flexibility index (Phi) is 45.2. The Hall–Kier alpha value is -16.6. The van der Waals surface area contributed by atoms with Gasteiger partial charge in [0.25, 0.3) is 17.9 Å². The molecule has 0 aliphatic carbocycles. The fraction of sp³-hybridized carbons (Fsp3) is 0.0519. The monoisotopic (exact) mass is 1200 g/mol. The first-order chi connectivity index (χ1) is 44.1. The molecular weight excluding hydrogens is 1180 g/mol. The highest BCUT2D eigenvalue weighted by atomic mass is 35.5. The lowest BCUT2D eigenvalue weighted by Crippen LogP contribution is -2.31. The van der Waals surface area contributed by atoms with Crippen LogP contribution in [0, 0.1) is 10.1 Å². The fourth-order valence-corrected chi connectivity index (χ4v) is 4.02. The minimum atomic E-state index is -0.751. The third-order valence-corrected chi connectivity index (χ3v) is 7.37. The largest absolute Gasteiger partial charge is 0.480 e. The molecule has 91 heavy (non-hydrogen) atoms. The number of carbonyl (C=O) groups is 2. The number of nitrogens with zero attached hydrogens (tertiary/aromatic N) is 3. The smallest absolute Gasteiger partial charge is 0.343 e. The maximum atomic E-state index is 10.8. The summed E-state index contributed by atoms with van der Waals surface area (Å²) >= 11 is 11.1. The highest BCUT2D eigenvalue weighted by Gasteiger charge is 2.25. The maximum absolute atomic E-state index is 10.8. The normalized spacial score (nSPS) is 6.38. The summed E-state index contributed by atoms with van der Waals surface area (Å²) in [5.74, 6) is -0.630. The molecule has 0 unspecified atom stereocenters. The molecule has 0 saturated carbocycles. The van der Waals surface area contributed by atoms with Crippen molar-refractivity contribution in [2.75, 3.05) is 25.6 Å². The van der Waals surface area contributed by atoms with Gasteiger partial charge in [0.15, 0.2) is 19.0 Å². The first-order valence-corrected chi connectivity index (χ1v) is 23.5. The summed E-state index contributed by atoms with van der Waals surface area (Å²) in [4.78, 5) is 35.4. The van der Waals surface area contributed by atoms with Gasteiger partial charge in [0.05, 0.1) is 23.9 Å². The van der Waals surface area contributed by atoms with Crippen LogP contribution in [0.15, 0.2) is 376 Å². The summed E-state index contributed by atoms with van der Waals surface area (Å²) < 4.78 is 14.6. The fourth-order valence-electron chi connectivity index (χ4n) is 3.71. The maximum Gasteiger partial charge on any atom is 0.343 e. The summed E-state index contributed by atoms with van der Waals surface area (Å²) in [6.45, 7) is 6.15. The number of carbonyl (C=O) groups excluding carboxylic acids is 2. The molecule has 0 atom stereocenters. The SMILES string of the molecule is C.C=C=C=C=C=C=C=C=C=C=C=C=C=C=C=C=C=C=C=C=C=C=C=C=C=C=C=C=C=C=C=C=C=C=C=C=C=C=C=C=C=C=C=C=C=C=C=C=C=C=C=C=C=C=C=C=C=C=C=C=C.COC(=O)COc1c[n+](O)c(Cl)cc1[N+](=O)[O-].O=C1COc2cnc(Cl)cc2N1. The predicted octanol–water partition coefficient (Wildman–Crippen LogP) is 12.0. The van der Waals surface area contributed by atoms with Gasteiger partial charge in [0.1, 0.15) is 11.2 Å². The van der Waals surface area contributed by atoms with E-state index in [4.69, 9.17) is 32.7 Å². The van der Waals surface area contributed by atoms with E-state index in [2.05, 4.69) is 366 Å². The number of nitrogens with one attached hydrogen (secondary N) is 1. The van der Waals surface area contributed by atoms with Gasteiger partial charge < -0.3 is 19.5 Å². The zero-order valence-electron chi connectivity index (χ0n) is 45.5. The Bertz CT molecular complexity index is 5630. The van der Waals surface area contributed by atoms with Crippen molar-refractivity contribution in [1.29, 1.82) is 0 Å². The second-order valence-electron chi connectivity index (χ2n) is 12.6. The van der Waals surface area contributed by atoms with Gasteiger partial charge in [-0.05, 0) is 116 Å². The van der Waals surface area contributed by atoms with Gasteiger partial charge in [-0.15, -0.1) is 0 Å². The van der Waals surface area contributed by atoms with Gasteiger partial charge in [-0.25, -0.2) is 9.78 Å². The Morgan fingerprint density at radius 1 is 0.538 bits per heavy atom. The summed E-state index contributed by atoms with van der Waals surface area (Å²) in [7, 11) is 1.15. The van der Waals surface area contributed by atoms with E-state index >= 15 is 0 Å². The molecule has 0 radical (unpaired) electrons. The van der Waals surface area contributed by atoms with Crippen molar-refractivity contribution < 1.29 is 38.7 Å². The molecule has 0 fully saturated rings. The summed E-state index contributed by atoms with van der Waals surface area (Å²) in [5, 5.41) is 22.5. The molecule has 3 rings (SSSR count). The Morgan fingerprint density at radius 2 is 0.802 bits per heavy atom. The van der Waals surface area contributed by atoms with Crippen LogP contribution in [0.5, 0.6) is 11.5 Å². The van der Waals surface area contributed by atoms with Gasteiger partial charge in [0, 0.05) is 246 Å². The van der Waals surface area contributed by atoms with Crippen molar-refractivity contribution in [3.8, 4) is 11.5 Å². The average molecular weight is 1200 g/mol. The van der Waals surface area contributed by atoms with Crippen LogP contribution in [-0.2, 0) is 14.3 Å². The van der Waals surface area contributed by atoms with E-state index < -0.39 is 23.2 Å². The topological polar surface area (TPSA) is 154 Å². The van der Waals surface area contributed by atoms with E-state index in [0.29, 0.717) is 21.3 Å². The molecule has 14 heteroatoms. The number of aromatic nitrogens is 2. The lowest BCUT2D eigenvalue weighted by molar-refractivity contribution is -0.903. The van der Waals surface area contributed by atoms with Gasteiger partial charge in [0.2, 0.25) is 0 Å². The second kappa shape index (κ2) is 55.3. The van der Waals surface area contributed by atoms with Gasteiger partial charge in [-0.3, -0.25) is 20.1 Å². The zero-order valence-corrected chi connectivity index (χ0v) is 47.1. The number of anilines is 1. The summed E-state index contributed by atoms with van der Waals surface area (Å²) in [6.07, 6.45) is 2.36. The molecule has 410 valence electrons. The van der Waals surface area contributed by atoms with Crippen LogP contribution >= 0.6 is 23.2 Å². The zero-order chi connectivity index (χ0) is 65.3. The first kappa shape index (κ1) is 74.4. The third kappa shape index (κ3) is 45.8. The lowest BCUT2D eigenvalue weighted by Gasteiger charge is -2.16. The van der Waals surface area contributed by atoms with E-state index in [1.165, 1.54) is 6.20 Å². The first-order valence-electron chi connectivity index (χ1n) is 22.8. The van der Waals surface area contributed by atoms with Crippen molar-refractivity contribution in [2.24, 2.45) is 0 Å². The lowest BCUT2D eigenvalue weighted by atomic mass is 10.3. The number of ether oxygens (including phenoxy) is 3. The number of fused-ring (bicyclic) bond motifs is 1. The minimum absolute atomic E-state index is 0. The molecule has 12 nitrogen and oxygen atoms in total. The van der Waals surface area contributed by atoms with E-state index in [1.54, 1.807) is 6.07 Å². The molecule has 0 spiro atoms. The molecule has 0 saturated heterocycles. The number of hydrogen-bond donors (Lipinski definition) is 2. The Labute approximate surface area is 527 Å². The summed E-state index contributed by atoms with van der Waals surface area (Å²) in [6, 6.07) is 2.45. The molecular formula is C77H21Cl2N4O8+. The number of amides is 1. The van der Waals surface area contributed by atoms with Crippen LogP contribution in [0.2, 0.25) is 10.3 Å². The minimum Gasteiger partial charge on any atom is -0.480 e. The molecule has 2 aromatic heterocycles. The molecule has 1 aliphatic rings. The Balaban J connectivity index is 0.00000215. The highest BCUT2D eigenvalue weighted by molar-refractivity contribution is 6.29. The quantitative estimate of drug-likeness (QED) is 0.0579. The van der Waals surface area contributed by atoms with Gasteiger partial charge in [-0.1, -0.05) is 30.5 Å². The van der Waals surface area contributed by atoms with E-state index in [0.717, 1.165) is 19.4 Å². The third-order valence-electron chi connectivity index (χ3n) is 6.88. The number of nitro groups is 1. The summed E-state index contributed by atoms with van der Waals surface area (Å²) in [5.41, 5.74) is 147. The second-order valence-corrected chi connectivity index (χ2v) is 13.4. The van der Waals surface area contributed by atoms with Crippen LogP contribution in [0.4, 0.5) is 11.4 Å². The van der Waals surface area contributed by atoms with Crippen LogP contribution < -0.4 is 19.5 Å². The molecule has 0 bridgehead atoms. The van der Waals surface area contributed by atoms with Crippen LogP contribution in [-0.4, -0.2) is 47.3 Å². The van der Waals surface area contributed by atoms with Crippen molar-refractivity contribution in [1.82, 2.24) is 4.98 Å². The molecule has 1 aliphatic heterocycles. The number of halogens is 2. The number of pyridine rings is 2. The number of esters is 1. The van der Waals surface area contributed by atoms with Crippen molar-refractivity contribution in [3.63, 3.8) is 0 Å². The van der Waals surface area contributed by atoms with Crippen LogP contribution in [0.25, 0.3) is 0 Å². The standard InChI is InChI=1S/C61H4.C8H8ClN2O6.C7H5ClN2O2.CH4/c1-3-5-7-9-11-13-15-17-19-21-23-25-27-29-31-33-35-37-39-41-43-45-47-49-51-53-55-57-59-61-60-58-56-54-52-50-48-46-44-42-40-38-36-34-32-30-28-26-24-22-20-18-16-14-12-10-8-6-4-2;1-16-8(12)4-17-6-3-10(13)7(9)2-5(6)11(14)15;8-6-1-4-5(2-9-6)12-3-7(11)10-4;/h1-2H2;2-3,13H,4H2,1H3;1-2H,3H2,(H,10,11);1H4/q;+1;;. The number of hydrogen-bond acceptors (Lipinski definition) is 9.